The molecule has 4 rings (SSSR count). The van der Waals surface area contributed by atoms with Crippen molar-refractivity contribution in [2.24, 2.45) is 11.8 Å². The molecule has 7 heteroatoms. The third kappa shape index (κ3) is 6.36. The molecule has 2 atom stereocenters. The first kappa shape index (κ1) is 23.8. The second-order valence-electron chi connectivity index (χ2n) is 9.31. The highest BCUT2D eigenvalue weighted by atomic mass is 16.5. The number of hydrogen-bond acceptors (Lipinski definition) is 5. The smallest absolute Gasteiger partial charge is 0.236 e. The average Bonchev–Trinajstić information content (AvgIpc) is 2.84. The molecular formula is C26H37N3O4. The van der Waals surface area contributed by atoms with Crippen LogP contribution in [0.1, 0.15) is 31.7 Å². The van der Waals surface area contributed by atoms with Gasteiger partial charge in [0.05, 0.1) is 19.8 Å². The molecule has 0 aliphatic carbocycles. The lowest BCUT2D eigenvalue weighted by molar-refractivity contribution is -0.138. The van der Waals surface area contributed by atoms with E-state index in [0.29, 0.717) is 59.0 Å². The van der Waals surface area contributed by atoms with Crippen LogP contribution in [-0.2, 0) is 20.9 Å². The Morgan fingerprint density at radius 2 is 1.94 bits per heavy atom. The van der Waals surface area contributed by atoms with Gasteiger partial charge in [0, 0.05) is 44.7 Å². The van der Waals surface area contributed by atoms with Crippen molar-refractivity contribution >= 4 is 11.8 Å². The standard InChI is InChI=1S/C26H37N3O4/c1-2-10-27-18-23-6-3-4-8-24(23)33-14-5-7-22-19-29(26(31)20-27)11-9-21(22)17-25(30)28-12-15-32-16-13-28/h3-8,21-22H,2,9-20H2,1H3/b7-5-/t21-,22-/m0/s1. The van der Waals surface area contributed by atoms with Gasteiger partial charge in [-0.2, -0.15) is 0 Å². The van der Waals surface area contributed by atoms with Gasteiger partial charge in [-0.25, -0.2) is 0 Å². The molecule has 1 aromatic carbocycles. The first-order valence-electron chi connectivity index (χ1n) is 12.4. The van der Waals surface area contributed by atoms with E-state index in [0.717, 1.165) is 37.2 Å². The van der Waals surface area contributed by atoms with Gasteiger partial charge in [0.15, 0.2) is 0 Å². The molecule has 2 bridgehead atoms. The molecule has 3 heterocycles. The van der Waals surface area contributed by atoms with Crippen LogP contribution in [-0.4, -0.2) is 85.6 Å². The number of morpholine rings is 1. The minimum absolute atomic E-state index is 0.159. The molecule has 7 nitrogen and oxygen atoms in total. The molecule has 1 aromatic rings. The summed E-state index contributed by atoms with van der Waals surface area (Å²) in [5, 5.41) is 0. The van der Waals surface area contributed by atoms with E-state index in [-0.39, 0.29) is 23.7 Å². The first-order valence-corrected chi connectivity index (χ1v) is 12.4. The number of piperidine rings is 1. The van der Waals surface area contributed by atoms with Crippen LogP contribution in [0.4, 0.5) is 0 Å². The normalized spacial score (nSPS) is 25.8. The summed E-state index contributed by atoms with van der Waals surface area (Å²) in [7, 11) is 0. The fraction of sp³-hybridized carbons (Fsp3) is 0.615. The second kappa shape index (κ2) is 11.7. The minimum Gasteiger partial charge on any atom is -0.489 e. The van der Waals surface area contributed by atoms with Gasteiger partial charge in [-0.3, -0.25) is 14.5 Å². The third-order valence-corrected chi connectivity index (χ3v) is 6.94. The van der Waals surface area contributed by atoms with Crippen LogP contribution in [0, 0.1) is 11.8 Å². The molecular weight excluding hydrogens is 418 g/mol. The zero-order valence-electron chi connectivity index (χ0n) is 19.8. The molecule has 0 N–H and O–H groups in total. The van der Waals surface area contributed by atoms with Crippen molar-refractivity contribution in [3.63, 3.8) is 0 Å². The van der Waals surface area contributed by atoms with E-state index >= 15 is 0 Å². The van der Waals surface area contributed by atoms with Crippen molar-refractivity contribution in [1.29, 1.82) is 0 Å². The van der Waals surface area contributed by atoms with E-state index in [4.69, 9.17) is 9.47 Å². The zero-order chi connectivity index (χ0) is 23.0. The van der Waals surface area contributed by atoms with E-state index in [9.17, 15) is 9.59 Å². The summed E-state index contributed by atoms with van der Waals surface area (Å²) < 4.78 is 11.5. The lowest BCUT2D eigenvalue weighted by atomic mass is 9.82. The summed E-state index contributed by atoms with van der Waals surface area (Å²) >= 11 is 0. The molecule has 2 saturated heterocycles. The van der Waals surface area contributed by atoms with Gasteiger partial charge < -0.3 is 19.3 Å². The number of para-hydroxylation sites is 1. The summed E-state index contributed by atoms with van der Waals surface area (Å²) in [4.78, 5) is 32.3. The number of amides is 2. The Kier molecular flexibility index (Phi) is 8.40. The largest absolute Gasteiger partial charge is 0.489 e. The molecule has 0 radical (unpaired) electrons. The first-order chi connectivity index (χ1) is 16.1. The minimum atomic E-state index is 0.159. The van der Waals surface area contributed by atoms with Crippen molar-refractivity contribution in [3.8, 4) is 5.75 Å². The van der Waals surface area contributed by atoms with Crippen LogP contribution in [0.3, 0.4) is 0 Å². The summed E-state index contributed by atoms with van der Waals surface area (Å²) in [5.74, 6) is 1.66. The van der Waals surface area contributed by atoms with Crippen molar-refractivity contribution in [2.45, 2.75) is 32.7 Å². The van der Waals surface area contributed by atoms with Crippen LogP contribution in [0.2, 0.25) is 0 Å². The van der Waals surface area contributed by atoms with Gasteiger partial charge in [0.1, 0.15) is 12.4 Å². The Hall–Kier alpha value is -2.38. The molecule has 180 valence electrons. The predicted molar refractivity (Wildman–Crippen MR) is 127 cm³/mol. The maximum absolute atomic E-state index is 13.2. The van der Waals surface area contributed by atoms with Gasteiger partial charge in [0.25, 0.3) is 0 Å². The fourth-order valence-corrected chi connectivity index (χ4v) is 5.10. The summed E-state index contributed by atoms with van der Waals surface area (Å²) in [6.45, 7) is 8.60. The molecule has 33 heavy (non-hydrogen) atoms. The number of carbonyl (C=O) groups is 2. The van der Waals surface area contributed by atoms with Crippen LogP contribution in [0.5, 0.6) is 5.75 Å². The molecule has 0 unspecified atom stereocenters. The van der Waals surface area contributed by atoms with Crippen molar-refractivity contribution in [1.82, 2.24) is 14.7 Å². The zero-order valence-corrected chi connectivity index (χ0v) is 19.8. The van der Waals surface area contributed by atoms with Gasteiger partial charge in [-0.05, 0) is 37.3 Å². The van der Waals surface area contributed by atoms with E-state index in [1.165, 1.54) is 0 Å². The van der Waals surface area contributed by atoms with E-state index in [1.807, 2.05) is 28.0 Å². The lowest BCUT2D eigenvalue weighted by Crippen LogP contribution is -2.48. The fourth-order valence-electron chi connectivity index (χ4n) is 5.10. The maximum Gasteiger partial charge on any atom is 0.236 e. The van der Waals surface area contributed by atoms with E-state index < -0.39 is 0 Å². The van der Waals surface area contributed by atoms with Gasteiger partial charge in [-0.15, -0.1) is 0 Å². The number of hydrogen-bond donors (Lipinski definition) is 0. The SMILES string of the molecule is CCCN1CC(=O)N2CC[C@@H](CC(=O)N3CCOCC3)[C@@H](/C=C\COc3ccccc3C1)C2. The quantitative estimate of drug-likeness (QED) is 0.653. The molecule has 2 fully saturated rings. The Labute approximate surface area is 197 Å². The Bertz CT molecular complexity index is 837. The third-order valence-electron chi connectivity index (χ3n) is 6.94. The summed E-state index contributed by atoms with van der Waals surface area (Å²) in [6.07, 6.45) is 6.60. The van der Waals surface area contributed by atoms with Gasteiger partial charge in [0.2, 0.25) is 11.8 Å². The summed E-state index contributed by atoms with van der Waals surface area (Å²) in [5.41, 5.74) is 1.11. The number of benzene rings is 1. The van der Waals surface area contributed by atoms with Crippen molar-refractivity contribution < 1.29 is 19.1 Å². The highest BCUT2D eigenvalue weighted by molar-refractivity contribution is 5.79. The predicted octanol–water partition coefficient (Wildman–Crippen LogP) is 2.56. The average molecular weight is 456 g/mol. The molecule has 2 amide bonds. The number of carbonyl (C=O) groups excluding carboxylic acids is 2. The number of ether oxygens (including phenoxy) is 2. The Morgan fingerprint density at radius 1 is 1.12 bits per heavy atom. The van der Waals surface area contributed by atoms with Crippen molar-refractivity contribution in [2.75, 3.05) is 59.1 Å². The molecule has 0 saturated carbocycles. The van der Waals surface area contributed by atoms with Gasteiger partial charge in [-0.1, -0.05) is 37.3 Å². The van der Waals surface area contributed by atoms with Crippen molar-refractivity contribution in [3.05, 3.63) is 42.0 Å². The van der Waals surface area contributed by atoms with Crippen LogP contribution in [0.25, 0.3) is 0 Å². The lowest BCUT2D eigenvalue weighted by Gasteiger charge is -2.39. The maximum atomic E-state index is 13.2. The Morgan fingerprint density at radius 3 is 2.76 bits per heavy atom. The number of nitrogens with zero attached hydrogens (tertiary/aromatic N) is 3. The molecule has 3 aliphatic rings. The number of rotatable bonds is 4. The topological polar surface area (TPSA) is 62.3 Å². The van der Waals surface area contributed by atoms with Crippen LogP contribution in [0.15, 0.2) is 36.4 Å². The Balaban J connectivity index is 1.50. The van der Waals surface area contributed by atoms with Crippen LogP contribution < -0.4 is 4.74 Å². The highest BCUT2D eigenvalue weighted by Gasteiger charge is 2.33. The second-order valence-corrected chi connectivity index (χ2v) is 9.31. The van der Waals surface area contributed by atoms with E-state index in [2.05, 4.69) is 30.0 Å². The highest BCUT2D eigenvalue weighted by Crippen LogP contribution is 2.29. The van der Waals surface area contributed by atoms with Gasteiger partial charge >= 0.3 is 0 Å². The van der Waals surface area contributed by atoms with Crippen LogP contribution >= 0.6 is 0 Å². The molecule has 0 aromatic heterocycles. The monoisotopic (exact) mass is 455 g/mol. The molecule has 0 spiro atoms. The number of fused-ring (bicyclic) bond motifs is 3. The van der Waals surface area contributed by atoms with E-state index in [1.54, 1.807) is 0 Å². The molecule has 3 aliphatic heterocycles. The summed E-state index contributed by atoms with van der Waals surface area (Å²) in [6, 6.07) is 8.09.